The lowest BCUT2D eigenvalue weighted by molar-refractivity contribution is -0.142. The van der Waals surface area contributed by atoms with Crippen LogP contribution in [0.25, 0.3) is 0 Å². The molecule has 2 amide bonds. The average molecular weight is 507 g/mol. The first-order valence-electron chi connectivity index (χ1n) is 14.7. The molecule has 9 heteroatoms. The van der Waals surface area contributed by atoms with Gasteiger partial charge < -0.3 is 19.9 Å². The van der Waals surface area contributed by atoms with E-state index in [1.54, 1.807) is 6.92 Å². The molecule has 1 aliphatic carbocycles. The van der Waals surface area contributed by atoms with Crippen molar-refractivity contribution in [1.29, 1.82) is 0 Å². The van der Waals surface area contributed by atoms with Gasteiger partial charge in [0, 0.05) is 38.6 Å². The van der Waals surface area contributed by atoms with Crippen molar-refractivity contribution in [1.82, 2.24) is 30.9 Å². The first-order valence-corrected chi connectivity index (χ1v) is 14.7. The molecular weight excluding hydrogens is 456 g/mol. The van der Waals surface area contributed by atoms with Crippen LogP contribution in [0.3, 0.4) is 0 Å². The van der Waals surface area contributed by atoms with E-state index >= 15 is 0 Å². The van der Waals surface area contributed by atoms with Gasteiger partial charge in [-0.15, -0.1) is 0 Å². The van der Waals surface area contributed by atoms with Crippen molar-refractivity contribution >= 4 is 12.0 Å². The second-order valence-electron chi connectivity index (χ2n) is 11.2. The van der Waals surface area contributed by atoms with Crippen molar-refractivity contribution in [2.24, 2.45) is 11.8 Å². The Bertz CT molecular complexity index is 726. The summed E-state index contributed by atoms with van der Waals surface area (Å²) in [5.74, 6) is 1.28. The van der Waals surface area contributed by atoms with Gasteiger partial charge in [0.15, 0.2) is 6.23 Å². The molecule has 0 aromatic heterocycles. The fourth-order valence-corrected chi connectivity index (χ4v) is 7.28. The Labute approximate surface area is 218 Å². The van der Waals surface area contributed by atoms with Crippen LogP contribution in [0.5, 0.6) is 0 Å². The van der Waals surface area contributed by atoms with Gasteiger partial charge in [0.25, 0.3) is 0 Å². The maximum absolute atomic E-state index is 13.4. The quantitative estimate of drug-likeness (QED) is 0.542. The number of carbonyl (C=O) groups excluding carboxylic acids is 2. The summed E-state index contributed by atoms with van der Waals surface area (Å²) in [5.41, 5.74) is 3.70. The Morgan fingerprint density at radius 1 is 0.889 bits per heavy atom. The molecule has 0 aromatic carbocycles. The van der Waals surface area contributed by atoms with Gasteiger partial charge in [0.2, 0.25) is 5.91 Å². The molecule has 0 radical (unpaired) electrons. The normalized spacial score (nSPS) is 36.0. The molecule has 0 spiro atoms. The lowest BCUT2D eigenvalue weighted by Crippen LogP contribution is -2.67. The summed E-state index contributed by atoms with van der Waals surface area (Å²) in [4.78, 5) is 30.0. The third-order valence-electron chi connectivity index (χ3n) is 9.03. The van der Waals surface area contributed by atoms with Crippen molar-refractivity contribution in [3.63, 3.8) is 0 Å². The zero-order valence-corrected chi connectivity index (χ0v) is 23.0. The molecule has 9 nitrogen and oxygen atoms in total. The van der Waals surface area contributed by atoms with Crippen molar-refractivity contribution in [2.75, 3.05) is 39.3 Å². The van der Waals surface area contributed by atoms with Crippen LogP contribution >= 0.6 is 0 Å². The lowest BCUT2D eigenvalue weighted by atomic mass is 9.73. The number of rotatable bonds is 3. The van der Waals surface area contributed by atoms with Crippen LogP contribution in [-0.2, 0) is 9.53 Å². The molecular formula is C27H50N6O3. The van der Waals surface area contributed by atoms with Crippen LogP contribution in [0.2, 0.25) is 0 Å². The monoisotopic (exact) mass is 506 g/mol. The van der Waals surface area contributed by atoms with E-state index in [0.29, 0.717) is 24.4 Å². The Morgan fingerprint density at radius 2 is 1.67 bits per heavy atom. The van der Waals surface area contributed by atoms with E-state index in [-0.39, 0.29) is 36.4 Å². The van der Waals surface area contributed by atoms with Gasteiger partial charge in [-0.3, -0.25) is 15.5 Å². The van der Waals surface area contributed by atoms with Gasteiger partial charge in [0.1, 0.15) is 0 Å². The Morgan fingerprint density at radius 3 is 2.36 bits per heavy atom. The lowest BCUT2D eigenvalue weighted by Gasteiger charge is -2.54. The highest BCUT2D eigenvalue weighted by molar-refractivity contribution is 5.75. The number of piperidine rings is 2. The minimum atomic E-state index is -0.203. The highest BCUT2D eigenvalue weighted by Gasteiger charge is 2.49. The predicted molar refractivity (Wildman–Crippen MR) is 141 cm³/mol. The van der Waals surface area contributed by atoms with E-state index in [0.717, 1.165) is 71.2 Å². The van der Waals surface area contributed by atoms with Gasteiger partial charge in [-0.05, 0) is 89.8 Å². The van der Waals surface area contributed by atoms with E-state index in [1.165, 1.54) is 12.8 Å². The summed E-state index contributed by atoms with van der Waals surface area (Å²) in [7, 11) is 0. The number of carbonyl (C=O) groups is 2. The first-order chi connectivity index (χ1) is 17.5. The third kappa shape index (κ3) is 6.17. The number of amides is 2. The van der Waals surface area contributed by atoms with Crippen LogP contribution in [0.1, 0.15) is 79.1 Å². The van der Waals surface area contributed by atoms with Gasteiger partial charge >= 0.3 is 6.09 Å². The number of hydrogen-bond donors (Lipinski definition) is 3. The summed E-state index contributed by atoms with van der Waals surface area (Å²) < 4.78 is 5.93. The number of hydrazine groups is 1. The summed E-state index contributed by atoms with van der Waals surface area (Å²) >= 11 is 0. The molecule has 6 unspecified atom stereocenters. The molecule has 4 aliphatic heterocycles. The van der Waals surface area contributed by atoms with Gasteiger partial charge in [0.05, 0.1) is 12.1 Å². The average Bonchev–Trinajstić information content (AvgIpc) is 3.40. The van der Waals surface area contributed by atoms with Crippen molar-refractivity contribution in [2.45, 2.75) is 109 Å². The van der Waals surface area contributed by atoms with Crippen molar-refractivity contribution in [3.05, 3.63) is 0 Å². The molecule has 0 bridgehead atoms. The topological polar surface area (TPSA) is 89.2 Å². The minimum absolute atomic E-state index is 0.0192. The number of nitrogens with one attached hydrogen (secondary N) is 3. The molecule has 5 rings (SSSR count). The summed E-state index contributed by atoms with van der Waals surface area (Å²) in [6, 6.07) is 0.786. The standard InChI is InChI=1S/C25H44N6O3.C2H6/c1-17-15-29(25(33)34-24-5-3-4-10-27-24)23-13-19(6-7-22(23)31(17)18(2)32)20-14-28-30(16-20)21-8-11-26-12-9-21;1-2/h17,19-24,26-28H,3-16H2,1-2H3;1-2H3. The number of hydrogen-bond acceptors (Lipinski definition) is 7. The van der Waals surface area contributed by atoms with E-state index in [4.69, 9.17) is 4.74 Å². The largest absolute Gasteiger partial charge is 0.430 e. The number of piperazine rings is 1. The van der Waals surface area contributed by atoms with Crippen LogP contribution in [0, 0.1) is 11.8 Å². The van der Waals surface area contributed by atoms with E-state index < -0.39 is 0 Å². The first kappa shape index (κ1) is 27.6. The van der Waals surface area contributed by atoms with Crippen LogP contribution in [0.4, 0.5) is 4.79 Å². The maximum atomic E-state index is 13.4. The molecule has 1 saturated carbocycles. The van der Waals surface area contributed by atoms with Gasteiger partial charge in [-0.1, -0.05) is 13.8 Å². The van der Waals surface area contributed by atoms with Gasteiger partial charge in [-0.25, -0.2) is 9.80 Å². The highest BCUT2D eigenvalue weighted by atomic mass is 16.6. The van der Waals surface area contributed by atoms with Gasteiger partial charge in [-0.2, -0.15) is 0 Å². The van der Waals surface area contributed by atoms with Crippen molar-refractivity contribution in [3.8, 4) is 0 Å². The van der Waals surface area contributed by atoms with E-state index in [1.807, 2.05) is 18.7 Å². The Kier molecular flexibility index (Phi) is 9.89. The molecule has 5 fully saturated rings. The highest BCUT2D eigenvalue weighted by Crippen LogP contribution is 2.40. The zero-order chi connectivity index (χ0) is 25.7. The third-order valence-corrected chi connectivity index (χ3v) is 9.03. The van der Waals surface area contributed by atoms with Crippen LogP contribution in [0.15, 0.2) is 0 Å². The molecule has 5 aliphatic rings. The second kappa shape index (κ2) is 12.9. The van der Waals surface area contributed by atoms with E-state index in [9.17, 15) is 9.59 Å². The fraction of sp³-hybridized carbons (Fsp3) is 0.926. The maximum Gasteiger partial charge on any atom is 0.411 e. The smallest absolute Gasteiger partial charge is 0.411 e. The molecule has 3 N–H and O–H groups in total. The van der Waals surface area contributed by atoms with Crippen LogP contribution < -0.4 is 16.1 Å². The fourth-order valence-electron chi connectivity index (χ4n) is 7.28. The summed E-state index contributed by atoms with van der Waals surface area (Å²) in [6.45, 7) is 13.5. The summed E-state index contributed by atoms with van der Waals surface area (Å²) in [6.07, 6.45) is 8.18. The predicted octanol–water partition coefficient (Wildman–Crippen LogP) is 2.53. The van der Waals surface area contributed by atoms with Crippen LogP contribution in [-0.4, -0.2) is 96.5 Å². The molecule has 4 saturated heterocycles. The number of ether oxygens (including phenoxy) is 1. The second-order valence-corrected chi connectivity index (χ2v) is 11.2. The number of fused-ring (bicyclic) bond motifs is 1. The Hall–Kier alpha value is -1.42. The van der Waals surface area contributed by atoms with Crippen molar-refractivity contribution < 1.29 is 14.3 Å². The molecule has 0 aromatic rings. The Balaban J connectivity index is 0.00000148. The minimum Gasteiger partial charge on any atom is -0.430 e. The summed E-state index contributed by atoms with van der Waals surface area (Å²) in [5, 5.41) is 9.29. The molecule has 6 atom stereocenters. The molecule has 206 valence electrons. The zero-order valence-electron chi connectivity index (χ0n) is 23.0. The van der Waals surface area contributed by atoms with E-state index in [2.05, 4.69) is 32.9 Å². The molecule has 4 heterocycles. The SMILES string of the molecule is CC.CC(=O)N1C(C)CN(C(=O)OC2CCCCN2)C2CC(C3CNN(C4CCNCC4)C3)CCC21. The molecule has 36 heavy (non-hydrogen) atoms. The number of nitrogens with zero attached hydrogens (tertiary/aromatic N) is 3.